The van der Waals surface area contributed by atoms with Crippen molar-refractivity contribution in [2.75, 3.05) is 6.54 Å². The van der Waals surface area contributed by atoms with Gasteiger partial charge in [0.2, 0.25) is 0 Å². The lowest BCUT2D eigenvalue weighted by Gasteiger charge is -2.07. The van der Waals surface area contributed by atoms with Crippen LogP contribution < -0.4 is 5.32 Å². The van der Waals surface area contributed by atoms with Crippen LogP contribution in [0.25, 0.3) is 28.2 Å². The quantitative estimate of drug-likeness (QED) is 0.595. The van der Waals surface area contributed by atoms with Gasteiger partial charge in [0.15, 0.2) is 5.82 Å². The summed E-state index contributed by atoms with van der Waals surface area (Å²) in [5, 5.41) is 8.27. The van der Waals surface area contributed by atoms with E-state index in [1.807, 2.05) is 12.4 Å². The molecule has 5 rings (SSSR count). The Morgan fingerprint density at radius 1 is 1.18 bits per heavy atom. The Bertz CT molecular complexity index is 1110. The molecule has 0 aliphatic carbocycles. The van der Waals surface area contributed by atoms with E-state index in [-0.39, 0.29) is 0 Å². The van der Waals surface area contributed by atoms with Gasteiger partial charge in [-0.05, 0) is 44.2 Å². The van der Waals surface area contributed by atoms with Crippen LogP contribution in [0.5, 0.6) is 0 Å². The molecule has 0 atom stereocenters. The highest BCUT2D eigenvalue weighted by molar-refractivity contribution is 5.79. The van der Waals surface area contributed by atoms with Gasteiger partial charge in [0, 0.05) is 44.1 Å². The average molecular weight is 375 g/mol. The fourth-order valence-electron chi connectivity index (χ4n) is 4.11. The molecular weight excluding hydrogens is 350 g/mol. The van der Waals surface area contributed by atoms with E-state index in [4.69, 9.17) is 10.1 Å². The number of hydrogen-bond donors (Lipinski definition) is 1. The minimum Gasteiger partial charge on any atom is -0.328 e. The van der Waals surface area contributed by atoms with E-state index < -0.39 is 0 Å². The number of benzene rings is 1. The molecule has 0 unspecified atom stereocenters. The molecule has 0 bridgehead atoms. The zero-order valence-electron chi connectivity index (χ0n) is 16.4. The first-order valence-corrected chi connectivity index (χ1v) is 10.1. The second kappa shape index (κ2) is 6.91. The highest BCUT2D eigenvalue weighted by Crippen LogP contribution is 2.25. The molecule has 4 heterocycles. The number of hydrogen-bond acceptors (Lipinski definition) is 4. The predicted octanol–water partition coefficient (Wildman–Crippen LogP) is 3.16. The van der Waals surface area contributed by atoms with E-state index in [2.05, 4.69) is 62.2 Å². The summed E-state index contributed by atoms with van der Waals surface area (Å²) in [4.78, 5) is 9.45. The molecule has 1 N–H and O–H groups in total. The molecule has 7 heteroatoms. The van der Waals surface area contributed by atoms with Crippen molar-refractivity contribution in [3.8, 4) is 17.2 Å². The summed E-state index contributed by atoms with van der Waals surface area (Å²) >= 11 is 0. The van der Waals surface area contributed by atoms with Gasteiger partial charge in [0.25, 0.3) is 0 Å². The van der Waals surface area contributed by atoms with Gasteiger partial charge in [-0.25, -0.2) is 9.97 Å². The molecule has 0 saturated heterocycles. The number of rotatable bonds is 4. The van der Waals surface area contributed by atoms with Crippen LogP contribution in [0, 0.1) is 0 Å². The van der Waals surface area contributed by atoms with Crippen LogP contribution in [-0.4, -0.2) is 35.4 Å². The molecule has 1 aliphatic heterocycles. The number of aromatic nitrogens is 6. The van der Waals surface area contributed by atoms with Crippen molar-refractivity contribution in [1.29, 1.82) is 0 Å². The van der Waals surface area contributed by atoms with E-state index in [1.165, 1.54) is 11.2 Å². The Morgan fingerprint density at radius 3 is 2.96 bits per heavy atom. The van der Waals surface area contributed by atoms with Crippen molar-refractivity contribution < 1.29 is 0 Å². The van der Waals surface area contributed by atoms with Crippen molar-refractivity contribution in [2.45, 2.75) is 46.3 Å². The van der Waals surface area contributed by atoms with E-state index in [0.717, 1.165) is 67.6 Å². The standard InChI is InChI=1S/C21H25N7/c1-3-20-24-17-12-15(6-7-19(17)26(20)4-2)27-11-9-23-21(27)18-13-16-14-22-8-5-10-28(16)25-18/h6-7,9,11-13,22H,3-5,8,10,14H2,1-2H3. The van der Waals surface area contributed by atoms with E-state index >= 15 is 0 Å². The molecule has 1 aromatic carbocycles. The van der Waals surface area contributed by atoms with Crippen molar-refractivity contribution >= 4 is 11.0 Å². The molecule has 1 aliphatic rings. The van der Waals surface area contributed by atoms with Crippen LogP contribution in [0.15, 0.2) is 36.7 Å². The lowest BCUT2D eigenvalue weighted by Crippen LogP contribution is -2.11. The maximum absolute atomic E-state index is 4.84. The van der Waals surface area contributed by atoms with Gasteiger partial charge in [0.1, 0.15) is 11.5 Å². The first-order valence-electron chi connectivity index (χ1n) is 10.1. The third kappa shape index (κ3) is 2.74. The van der Waals surface area contributed by atoms with Gasteiger partial charge in [-0.15, -0.1) is 0 Å². The number of fused-ring (bicyclic) bond motifs is 2. The third-order valence-corrected chi connectivity index (χ3v) is 5.48. The molecule has 3 aromatic heterocycles. The lowest BCUT2D eigenvalue weighted by molar-refractivity contribution is 0.588. The molecule has 4 aromatic rings. The van der Waals surface area contributed by atoms with E-state index in [0.29, 0.717) is 0 Å². The Kier molecular flexibility index (Phi) is 4.24. The molecule has 0 radical (unpaired) electrons. The molecule has 0 amide bonds. The predicted molar refractivity (Wildman–Crippen MR) is 109 cm³/mol. The van der Waals surface area contributed by atoms with Crippen LogP contribution in [0.2, 0.25) is 0 Å². The Labute approximate surface area is 164 Å². The van der Waals surface area contributed by atoms with Gasteiger partial charge in [0.05, 0.1) is 16.7 Å². The monoisotopic (exact) mass is 375 g/mol. The third-order valence-electron chi connectivity index (χ3n) is 5.48. The average Bonchev–Trinajstić information content (AvgIpc) is 3.40. The molecule has 144 valence electrons. The Balaban J connectivity index is 1.58. The summed E-state index contributed by atoms with van der Waals surface area (Å²) in [5.74, 6) is 2.00. The van der Waals surface area contributed by atoms with E-state index in [1.54, 1.807) is 0 Å². The molecule has 7 nitrogen and oxygen atoms in total. The number of nitrogens with zero attached hydrogens (tertiary/aromatic N) is 6. The summed E-state index contributed by atoms with van der Waals surface area (Å²) in [6.45, 7) is 8.10. The van der Waals surface area contributed by atoms with Gasteiger partial charge in [-0.3, -0.25) is 9.25 Å². The van der Waals surface area contributed by atoms with Gasteiger partial charge < -0.3 is 9.88 Å². The minimum atomic E-state index is 0.855. The second-order valence-corrected chi connectivity index (χ2v) is 7.19. The first-order chi connectivity index (χ1) is 13.8. The zero-order valence-corrected chi connectivity index (χ0v) is 16.4. The summed E-state index contributed by atoms with van der Waals surface area (Å²) in [7, 11) is 0. The van der Waals surface area contributed by atoms with Crippen molar-refractivity contribution in [3.05, 3.63) is 48.2 Å². The number of nitrogens with one attached hydrogen (secondary N) is 1. The lowest BCUT2D eigenvalue weighted by atomic mass is 10.2. The first kappa shape index (κ1) is 17.2. The SMILES string of the molecule is CCc1nc2cc(-n3ccnc3-c3cc4n(n3)CCCNC4)ccc2n1CC. The molecular formula is C21H25N7. The van der Waals surface area contributed by atoms with Gasteiger partial charge in [-0.1, -0.05) is 6.92 Å². The maximum Gasteiger partial charge on any atom is 0.165 e. The normalized spacial score (nSPS) is 14.4. The molecule has 0 saturated carbocycles. The second-order valence-electron chi connectivity index (χ2n) is 7.19. The summed E-state index contributed by atoms with van der Waals surface area (Å²) < 4.78 is 6.49. The van der Waals surface area contributed by atoms with Crippen LogP contribution in [-0.2, 0) is 26.1 Å². The van der Waals surface area contributed by atoms with Crippen molar-refractivity contribution in [2.24, 2.45) is 0 Å². The topological polar surface area (TPSA) is 65.5 Å². The highest BCUT2D eigenvalue weighted by atomic mass is 15.3. The molecule has 28 heavy (non-hydrogen) atoms. The Morgan fingerprint density at radius 2 is 2.11 bits per heavy atom. The fourth-order valence-corrected chi connectivity index (χ4v) is 4.11. The van der Waals surface area contributed by atoms with E-state index in [9.17, 15) is 0 Å². The van der Waals surface area contributed by atoms with Gasteiger partial charge >= 0.3 is 0 Å². The molecule has 0 spiro atoms. The minimum absolute atomic E-state index is 0.855. The van der Waals surface area contributed by atoms with Crippen molar-refractivity contribution in [1.82, 2.24) is 34.2 Å². The largest absolute Gasteiger partial charge is 0.328 e. The zero-order chi connectivity index (χ0) is 19.1. The fraction of sp³-hybridized carbons (Fsp3) is 0.381. The highest BCUT2D eigenvalue weighted by Gasteiger charge is 2.17. The van der Waals surface area contributed by atoms with Crippen LogP contribution in [0.3, 0.4) is 0 Å². The van der Waals surface area contributed by atoms with Crippen LogP contribution >= 0.6 is 0 Å². The number of imidazole rings is 2. The molecule has 0 fully saturated rings. The van der Waals surface area contributed by atoms with Gasteiger partial charge in [-0.2, -0.15) is 5.10 Å². The summed E-state index contributed by atoms with van der Waals surface area (Å²) in [5.41, 5.74) is 5.40. The summed E-state index contributed by atoms with van der Waals surface area (Å²) in [6, 6.07) is 8.60. The van der Waals surface area contributed by atoms with Crippen molar-refractivity contribution in [3.63, 3.8) is 0 Å². The number of aryl methyl sites for hydroxylation is 3. The van der Waals surface area contributed by atoms with Crippen LogP contribution in [0.4, 0.5) is 0 Å². The van der Waals surface area contributed by atoms with Crippen LogP contribution in [0.1, 0.15) is 31.8 Å². The smallest absolute Gasteiger partial charge is 0.165 e. The maximum atomic E-state index is 4.84. The summed E-state index contributed by atoms with van der Waals surface area (Å²) in [6.07, 6.45) is 5.86. The Hall–Kier alpha value is -2.93.